The summed E-state index contributed by atoms with van der Waals surface area (Å²) in [6.07, 6.45) is 1.51. The number of para-hydroxylation sites is 1. The van der Waals surface area contributed by atoms with Crippen LogP contribution in [0.15, 0.2) is 52.6 Å². The van der Waals surface area contributed by atoms with Crippen LogP contribution in [0.5, 0.6) is 0 Å². The lowest BCUT2D eigenvalue weighted by Gasteiger charge is -2.30. The van der Waals surface area contributed by atoms with Crippen molar-refractivity contribution in [3.63, 3.8) is 0 Å². The van der Waals surface area contributed by atoms with Crippen LogP contribution in [0.2, 0.25) is 0 Å². The smallest absolute Gasteiger partial charge is 0.326 e. The van der Waals surface area contributed by atoms with Gasteiger partial charge in [0.05, 0.1) is 0 Å². The van der Waals surface area contributed by atoms with Crippen molar-refractivity contribution in [3.8, 4) is 5.00 Å². The lowest BCUT2D eigenvalue weighted by atomic mass is 9.96. The molecule has 0 bridgehead atoms. The molecule has 9 heteroatoms. The normalized spacial score (nSPS) is 15.7. The van der Waals surface area contributed by atoms with E-state index in [1.807, 2.05) is 47.8 Å². The number of anilines is 1. The van der Waals surface area contributed by atoms with Crippen molar-refractivity contribution in [2.45, 2.75) is 19.5 Å². The number of thiophene rings is 1. The lowest BCUT2D eigenvalue weighted by molar-refractivity contribution is -0.121. The molecule has 0 unspecified atom stereocenters. The maximum absolute atomic E-state index is 12.4. The monoisotopic (exact) mass is 384 g/mol. The number of amides is 1. The van der Waals surface area contributed by atoms with Gasteiger partial charge in [-0.05, 0) is 52.9 Å². The van der Waals surface area contributed by atoms with Crippen LogP contribution in [0.3, 0.4) is 0 Å². The quantitative estimate of drug-likeness (QED) is 0.725. The first-order chi connectivity index (χ1) is 13.2. The Morgan fingerprint density at radius 2 is 1.89 bits per heavy atom. The van der Waals surface area contributed by atoms with Gasteiger partial charge in [-0.15, -0.1) is 11.3 Å². The second-order valence-electron chi connectivity index (χ2n) is 6.51. The third-order valence-corrected chi connectivity index (χ3v) is 5.53. The zero-order valence-corrected chi connectivity index (χ0v) is 15.5. The van der Waals surface area contributed by atoms with E-state index in [2.05, 4.69) is 20.6 Å². The average Bonchev–Trinajstić information content (AvgIpc) is 3.34. The van der Waals surface area contributed by atoms with E-state index in [4.69, 9.17) is 0 Å². The number of nitrogens with one attached hydrogen (secondary N) is 1. The van der Waals surface area contributed by atoms with Gasteiger partial charge in [-0.3, -0.25) is 9.69 Å². The fourth-order valence-electron chi connectivity index (χ4n) is 3.18. The molecule has 27 heavy (non-hydrogen) atoms. The zero-order chi connectivity index (χ0) is 18.6. The van der Waals surface area contributed by atoms with Crippen molar-refractivity contribution in [1.29, 1.82) is 0 Å². The SMILES string of the molecule is O=C(Nc1ccccc1)C1CCN(Cn2nnn(-c3cccs3)c2=O)CC1. The van der Waals surface area contributed by atoms with E-state index >= 15 is 0 Å². The van der Waals surface area contributed by atoms with Gasteiger partial charge in [-0.25, -0.2) is 4.79 Å². The number of hydrogen-bond donors (Lipinski definition) is 1. The average molecular weight is 384 g/mol. The van der Waals surface area contributed by atoms with Crippen molar-refractivity contribution in [1.82, 2.24) is 24.7 Å². The van der Waals surface area contributed by atoms with E-state index in [-0.39, 0.29) is 17.5 Å². The molecular formula is C18H20N6O2S. The Kier molecular flexibility index (Phi) is 5.12. The minimum absolute atomic E-state index is 0.0139. The first kappa shape index (κ1) is 17.6. The van der Waals surface area contributed by atoms with Crippen molar-refractivity contribution in [2.24, 2.45) is 5.92 Å². The van der Waals surface area contributed by atoms with Gasteiger partial charge >= 0.3 is 5.69 Å². The Labute approximate surface area is 160 Å². The van der Waals surface area contributed by atoms with Crippen LogP contribution in [-0.4, -0.2) is 43.7 Å². The number of aromatic nitrogens is 4. The van der Waals surface area contributed by atoms with Gasteiger partial charge in [0.25, 0.3) is 0 Å². The van der Waals surface area contributed by atoms with Crippen molar-refractivity contribution < 1.29 is 4.79 Å². The van der Waals surface area contributed by atoms with Crippen LogP contribution in [0, 0.1) is 5.92 Å². The maximum atomic E-state index is 12.4. The molecule has 0 saturated carbocycles. The molecule has 1 fully saturated rings. The molecule has 1 N–H and O–H groups in total. The highest BCUT2D eigenvalue weighted by Crippen LogP contribution is 2.19. The van der Waals surface area contributed by atoms with Gasteiger partial charge in [0, 0.05) is 24.7 Å². The molecule has 1 aromatic carbocycles. The summed E-state index contributed by atoms with van der Waals surface area (Å²) in [5.74, 6) is 0.0432. The molecule has 0 spiro atoms. The summed E-state index contributed by atoms with van der Waals surface area (Å²) < 4.78 is 2.68. The number of rotatable bonds is 5. The number of benzene rings is 1. The number of tetrazole rings is 1. The molecule has 1 aliphatic rings. The van der Waals surface area contributed by atoms with Gasteiger partial charge in [-0.2, -0.15) is 9.36 Å². The summed E-state index contributed by atoms with van der Waals surface area (Å²) in [5, 5.41) is 13.5. The molecule has 3 heterocycles. The van der Waals surface area contributed by atoms with Crippen LogP contribution in [-0.2, 0) is 11.5 Å². The number of carbonyl (C=O) groups excluding carboxylic acids is 1. The van der Waals surface area contributed by atoms with Crippen molar-refractivity contribution in [2.75, 3.05) is 18.4 Å². The van der Waals surface area contributed by atoms with Crippen molar-refractivity contribution in [3.05, 3.63) is 58.3 Å². The van der Waals surface area contributed by atoms with Gasteiger partial charge in [0.2, 0.25) is 5.91 Å². The Bertz CT molecular complexity index is 942. The van der Waals surface area contributed by atoms with E-state index in [0.29, 0.717) is 6.67 Å². The van der Waals surface area contributed by atoms with Gasteiger partial charge < -0.3 is 5.32 Å². The largest absolute Gasteiger partial charge is 0.370 e. The standard InChI is InChI=1S/C18H20N6O2S/c25-17(19-15-5-2-1-3-6-15)14-8-10-22(11-9-14)13-23-18(26)24(21-20-23)16-7-4-12-27-16/h1-7,12,14H,8-11,13H2,(H,19,25). The summed E-state index contributed by atoms with van der Waals surface area (Å²) >= 11 is 1.44. The maximum Gasteiger partial charge on any atom is 0.370 e. The highest BCUT2D eigenvalue weighted by molar-refractivity contribution is 7.12. The summed E-state index contributed by atoms with van der Waals surface area (Å²) in [6, 6.07) is 13.2. The van der Waals surface area contributed by atoms with E-state index in [0.717, 1.165) is 36.6 Å². The van der Waals surface area contributed by atoms with Gasteiger partial charge in [0.1, 0.15) is 11.7 Å². The van der Waals surface area contributed by atoms with E-state index in [1.165, 1.54) is 20.7 Å². The Morgan fingerprint density at radius 3 is 2.59 bits per heavy atom. The molecule has 4 rings (SSSR count). The third kappa shape index (κ3) is 3.99. The Hall–Kier alpha value is -2.78. The predicted molar refractivity (Wildman–Crippen MR) is 103 cm³/mol. The summed E-state index contributed by atoms with van der Waals surface area (Å²) in [4.78, 5) is 27.0. The fourth-order valence-corrected chi connectivity index (χ4v) is 3.85. The summed E-state index contributed by atoms with van der Waals surface area (Å²) in [5.41, 5.74) is 0.572. The third-order valence-electron chi connectivity index (χ3n) is 4.69. The molecule has 1 aliphatic heterocycles. The van der Waals surface area contributed by atoms with E-state index in [1.54, 1.807) is 0 Å². The Balaban J connectivity index is 1.32. The van der Waals surface area contributed by atoms with Crippen LogP contribution in [0.1, 0.15) is 12.8 Å². The number of piperidine rings is 1. The van der Waals surface area contributed by atoms with Gasteiger partial charge in [0.15, 0.2) is 0 Å². The zero-order valence-electron chi connectivity index (χ0n) is 14.7. The molecule has 0 atom stereocenters. The molecule has 0 radical (unpaired) electrons. The minimum atomic E-state index is -0.249. The van der Waals surface area contributed by atoms with E-state index < -0.39 is 0 Å². The highest BCUT2D eigenvalue weighted by Gasteiger charge is 2.25. The molecule has 140 valence electrons. The topological polar surface area (TPSA) is 85.1 Å². The number of carbonyl (C=O) groups is 1. The van der Waals surface area contributed by atoms with Crippen LogP contribution in [0.25, 0.3) is 5.00 Å². The molecule has 0 aliphatic carbocycles. The van der Waals surface area contributed by atoms with Crippen molar-refractivity contribution >= 4 is 22.9 Å². The van der Waals surface area contributed by atoms with Crippen LogP contribution in [0.4, 0.5) is 5.69 Å². The Morgan fingerprint density at radius 1 is 1.11 bits per heavy atom. The van der Waals surface area contributed by atoms with Crippen LogP contribution < -0.4 is 11.0 Å². The lowest BCUT2D eigenvalue weighted by Crippen LogP contribution is -2.41. The van der Waals surface area contributed by atoms with E-state index in [9.17, 15) is 9.59 Å². The predicted octanol–water partition coefficient (Wildman–Crippen LogP) is 1.80. The molecule has 2 aromatic heterocycles. The molecule has 8 nitrogen and oxygen atoms in total. The molecule has 1 amide bonds. The second-order valence-corrected chi connectivity index (χ2v) is 7.44. The fraction of sp³-hybridized carbons (Fsp3) is 0.333. The second kappa shape index (κ2) is 7.85. The highest BCUT2D eigenvalue weighted by atomic mass is 32.1. The molecule has 3 aromatic rings. The number of nitrogens with zero attached hydrogens (tertiary/aromatic N) is 5. The van der Waals surface area contributed by atoms with Gasteiger partial charge in [-0.1, -0.05) is 18.2 Å². The molecule has 1 saturated heterocycles. The first-order valence-electron chi connectivity index (χ1n) is 8.86. The molecular weight excluding hydrogens is 364 g/mol. The van der Waals surface area contributed by atoms with Crippen LogP contribution >= 0.6 is 11.3 Å². The summed E-state index contributed by atoms with van der Waals surface area (Å²) in [7, 11) is 0. The summed E-state index contributed by atoms with van der Waals surface area (Å²) in [6.45, 7) is 1.87. The number of likely N-dealkylation sites (tertiary alicyclic amines) is 1. The number of hydrogen-bond acceptors (Lipinski definition) is 6. The first-order valence-corrected chi connectivity index (χ1v) is 9.73. The minimum Gasteiger partial charge on any atom is -0.326 e.